The third kappa shape index (κ3) is 4.55. The first-order chi connectivity index (χ1) is 9.62. The fourth-order valence-corrected chi connectivity index (χ4v) is 1.42. The minimum absolute atomic E-state index is 0.00112. The Morgan fingerprint density at radius 3 is 2.35 bits per heavy atom. The van der Waals surface area contributed by atoms with Gasteiger partial charge in [0.05, 0.1) is 13.0 Å². The van der Waals surface area contributed by atoms with Crippen LogP contribution in [0.2, 0.25) is 0 Å². The zero-order valence-corrected chi connectivity index (χ0v) is 11.8. The molecule has 0 saturated carbocycles. The highest BCUT2D eigenvalue weighted by Crippen LogP contribution is 2.12. The quantitative estimate of drug-likeness (QED) is 0.251. The molecular weight excluding hydrogens is 286 g/mol. The molecule has 0 spiro atoms. The summed E-state index contributed by atoms with van der Waals surface area (Å²) in [5, 5.41) is 3.32. The number of carbonyl (C=O) groups excluding carboxylic acids is 2. The molecule has 0 aliphatic carbocycles. The minimum Gasteiger partial charge on any atom is -0.497 e. The third-order valence-electron chi connectivity index (χ3n) is 2.29. The molecule has 0 heterocycles. The molecule has 0 bridgehead atoms. The van der Waals surface area contributed by atoms with Crippen LogP contribution in [-0.2, 0) is 25.8 Å². The van der Waals surface area contributed by atoms with Crippen molar-refractivity contribution in [1.29, 1.82) is 0 Å². The van der Waals surface area contributed by atoms with Crippen molar-refractivity contribution in [2.24, 2.45) is 5.16 Å². The summed E-state index contributed by atoms with van der Waals surface area (Å²) in [7, 11) is 2.78. The van der Waals surface area contributed by atoms with E-state index in [1.54, 1.807) is 31.4 Å². The molecular formula is C13H14ClNO5. The summed E-state index contributed by atoms with van der Waals surface area (Å²) in [4.78, 5) is 27.5. The van der Waals surface area contributed by atoms with Gasteiger partial charge >= 0.3 is 5.97 Å². The third-order valence-corrected chi connectivity index (χ3v) is 2.53. The summed E-state index contributed by atoms with van der Waals surface area (Å²) >= 11 is 5.37. The summed E-state index contributed by atoms with van der Waals surface area (Å²) in [5.41, 5.74) is 0.283. The van der Waals surface area contributed by atoms with Crippen molar-refractivity contribution in [2.45, 2.75) is 6.61 Å². The van der Waals surface area contributed by atoms with E-state index < -0.39 is 17.5 Å². The van der Waals surface area contributed by atoms with Crippen LogP contribution in [0.25, 0.3) is 0 Å². The predicted molar refractivity (Wildman–Crippen MR) is 73.0 cm³/mol. The summed E-state index contributed by atoms with van der Waals surface area (Å²) in [5.74, 6) is -1.22. The number of benzene rings is 1. The molecule has 1 aromatic rings. The molecule has 20 heavy (non-hydrogen) atoms. The van der Waals surface area contributed by atoms with Crippen LogP contribution < -0.4 is 4.74 Å². The van der Waals surface area contributed by atoms with Crippen molar-refractivity contribution in [3.05, 3.63) is 29.8 Å². The van der Waals surface area contributed by atoms with E-state index in [-0.39, 0.29) is 12.5 Å². The molecule has 0 saturated heterocycles. The van der Waals surface area contributed by atoms with Gasteiger partial charge in [-0.05, 0) is 17.7 Å². The van der Waals surface area contributed by atoms with E-state index in [0.29, 0.717) is 5.75 Å². The molecule has 0 fully saturated rings. The number of methoxy groups -OCH3 is 1. The van der Waals surface area contributed by atoms with Crippen LogP contribution in [0.3, 0.4) is 0 Å². The van der Waals surface area contributed by atoms with Crippen LogP contribution in [0, 0.1) is 0 Å². The van der Waals surface area contributed by atoms with E-state index in [4.69, 9.17) is 21.1 Å². The predicted octanol–water partition coefficient (Wildman–Crippen LogP) is 1.55. The second kappa shape index (κ2) is 8.16. The molecule has 0 unspecified atom stereocenters. The standard InChI is InChI=1S/C13H14ClNO5/c1-18-10-5-3-9(4-6-10)8-20-13(17)12(15-19-2)11(16)7-14/h3-6H,7-8H2,1-2H3. The summed E-state index contributed by atoms with van der Waals surface area (Å²) in [6, 6.07) is 6.94. The lowest BCUT2D eigenvalue weighted by atomic mass is 10.2. The highest BCUT2D eigenvalue weighted by Gasteiger charge is 2.22. The van der Waals surface area contributed by atoms with Crippen molar-refractivity contribution in [1.82, 2.24) is 0 Å². The number of alkyl halides is 1. The zero-order chi connectivity index (χ0) is 15.0. The lowest BCUT2D eigenvalue weighted by Crippen LogP contribution is -2.27. The molecule has 108 valence electrons. The van der Waals surface area contributed by atoms with E-state index in [0.717, 1.165) is 5.56 Å². The Hall–Kier alpha value is -2.08. The Balaban J connectivity index is 2.64. The molecule has 0 amide bonds. The number of oxime groups is 1. The summed E-state index contributed by atoms with van der Waals surface area (Å²) in [6.07, 6.45) is 0. The van der Waals surface area contributed by atoms with Gasteiger partial charge in [-0.2, -0.15) is 0 Å². The van der Waals surface area contributed by atoms with Gasteiger partial charge in [-0.1, -0.05) is 17.3 Å². The van der Waals surface area contributed by atoms with Gasteiger partial charge in [-0.25, -0.2) is 4.79 Å². The Morgan fingerprint density at radius 2 is 1.85 bits per heavy atom. The van der Waals surface area contributed by atoms with Crippen LogP contribution >= 0.6 is 11.6 Å². The largest absolute Gasteiger partial charge is 0.497 e. The van der Waals surface area contributed by atoms with Gasteiger partial charge in [0.1, 0.15) is 19.5 Å². The maximum Gasteiger partial charge on any atom is 0.364 e. The van der Waals surface area contributed by atoms with Crippen LogP contribution in [-0.4, -0.2) is 37.6 Å². The van der Waals surface area contributed by atoms with Gasteiger partial charge in [0, 0.05) is 0 Å². The van der Waals surface area contributed by atoms with Gasteiger partial charge in [0.15, 0.2) is 0 Å². The maximum atomic E-state index is 11.7. The van der Waals surface area contributed by atoms with E-state index in [9.17, 15) is 9.59 Å². The fourth-order valence-electron chi connectivity index (χ4n) is 1.30. The second-order valence-corrected chi connectivity index (χ2v) is 3.87. The summed E-state index contributed by atoms with van der Waals surface area (Å²) in [6.45, 7) is 0.00112. The number of carbonyl (C=O) groups is 2. The minimum atomic E-state index is -0.881. The number of ether oxygens (including phenoxy) is 2. The number of esters is 1. The molecule has 0 radical (unpaired) electrons. The van der Waals surface area contributed by atoms with E-state index in [1.165, 1.54) is 7.11 Å². The Kier molecular flexibility index (Phi) is 6.52. The van der Waals surface area contributed by atoms with E-state index >= 15 is 0 Å². The monoisotopic (exact) mass is 299 g/mol. The normalized spacial score (nSPS) is 10.8. The van der Waals surface area contributed by atoms with Crippen molar-refractivity contribution in [3.63, 3.8) is 0 Å². The molecule has 1 rings (SSSR count). The molecule has 0 aliphatic rings. The zero-order valence-electron chi connectivity index (χ0n) is 11.1. The average molecular weight is 300 g/mol. The summed E-state index contributed by atoms with van der Waals surface area (Å²) < 4.78 is 9.98. The van der Waals surface area contributed by atoms with E-state index in [2.05, 4.69) is 9.99 Å². The molecule has 0 N–H and O–H groups in total. The van der Waals surface area contributed by atoms with Crippen LogP contribution in [0.15, 0.2) is 29.4 Å². The number of hydrogen-bond donors (Lipinski definition) is 0. The second-order valence-electron chi connectivity index (χ2n) is 3.60. The Bertz CT molecular complexity index is 498. The SMILES string of the molecule is CON=C(C(=O)CCl)C(=O)OCc1ccc(OC)cc1. The van der Waals surface area contributed by atoms with Crippen molar-refractivity contribution in [2.75, 3.05) is 20.1 Å². The van der Waals surface area contributed by atoms with E-state index in [1.807, 2.05) is 0 Å². The number of Topliss-reactive ketones (excluding diaryl/α,β-unsaturated/α-hetero) is 1. The van der Waals surface area contributed by atoms with Gasteiger partial charge in [-0.15, -0.1) is 11.6 Å². The van der Waals surface area contributed by atoms with Crippen LogP contribution in [0.5, 0.6) is 5.75 Å². The first kappa shape index (κ1) is 16.0. The fraction of sp³-hybridized carbons (Fsp3) is 0.308. The molecule has 1 aromatic carbocycles. The Morgan fingerprint density at radius 1 is 1.20 bits per heavy atom. The topological polar surface area (TPSA) is 74.2 Å². The lowest BCUT2D eigenvalue weighted by Gasteiger charge is -2.06. The van der Waals surface area contributed by atoms with Crippen molar-refractivity contribution >= 4 is 29.1 Å². The van der Waals surface area contributed by atoms with Crippen molar-refractivity contribution in [3.8, 4) is 5.75 Å². The van der Waals surface area contributed by atoms with Gasteiger partial charge in [-0.3, -0.25) is 4.79 Å². The smallest absolute Gasteiger partial charge is 0.364 e. The van der Waals surface area contributed by atoms with Crippen LogP contribution in [0.4, 0.5) is 0 Å². The van der Waals surface area contributed by atoms with Gasteiger partial charge < -0.3 is 14.3 Å². The number of ketones is 1. The average Bonchev–Trinajstić information content (AvgIpc) is 2.50. The first-order valence-electron chi connectivity index (χ1n) is 5.62. The Labute approximate surface area is 121 Å². The number of rotatable bonds is 7. The number of halogens is 1. The lowest BCUT2D eigenvalue weighted by molar-refractivity contribution is -0.137. The molecule has 0 aromatic heterocycles. The highest BCUT2D eigenvalue weighted by molar-refractivity contribution is 6.67. The molecule has 7 heteroatoms. The molecule has 0 atom stereocenters. The highest BCUT2D eigenvalue weighted by atomic mass is 35.5. The van der Waals surface area contributed by atoms with Crippen molar-refractivity contribution < 1.29 is 23.9 Å². The molecule has 6 nitrogen and oxygen atoms in total. The van der Waals surface area contributed by atoms with Gasteiger partial charge in [0.25, 0.3) is 0 Å². The number of nitrogens with zero attached hydrogens (tertiary/aromatic N) is 1. The van der Waals surface area contributed by atoms with Gasteiger partial charge in [0.2, 0.25) is 11.5 Å². The number of hydrogen-bond acceptors (Lipinski definition) is 6. The molecule has 0 aliphatic heterocycles. The maximum absolute atomic E-state index is 11.7. The van der Waals surface area contributed by atoms with Crippen LogP contribution in [0.1, 0.15) is 5.56 Å². The first-order valence-corrected chi connectivity index (χ1v) is 6.16.